The fourth-order valence-electron chi connectivity index (χ4n) is 2.80. The van der Waals surface area contributed by atoms with Crippen molar-refractivity contribution in [1.29, 1.82) is 0 Å². The predicted octanol–water partition coefficient (Wildman–Crippen LogP) is 2.69. The zero-order valence-electron chi connectivity index (χ0n) is 13.0. The second-order valence-corrected chi connectivity index (χ2v) is 5.80. The number of nitrogens with one attached hydrogen (secondary N) is 1. The molecule has 0 fully saturated rings. The number of hydrogen-bond acceptors (Lipinski definition) is 3. The number of pyridine rings is 1. The molecule has 1 amide bonds. The molecule has 4 heteroatoms. The van der Waals surface area contributed by atoms with Crippen LogP contribution < -0.4 is 5.32 Å². The molecule has 0 aliphatic heterocycles. The lowest BCUT2D eigenvalue weighted by atomic mass is 9.97. The Morgan fingerprint density at radius 3 is 2.90 bits per heavy atom. The summed E-state index contributed by atoms with van der Waals surface area (Å²) in [4.78, 5) is 18.5. The lowest BCUT2D eigenvalue weighted by molar-refractivity contribution is -0.125. The summed E-state index contributed by atoms with van der Waals surface area (Å²) in [5.74, 6) is 0.0457. The first-order valence-corrected chi connectivity index (χ1v) is 7.70. The molecule has 1 N–H and O–H groups in total. The van der Waals surface area contributed by atoms with Gasteiger partial charge < -0.3 is 5.32 Å². The molecule has 4 nitrogen and oxygen atoms in total. The van der Waals surface area contributed by atoms with E-state index in [0.29, 0.717) is 0 Å². The van der Waals surface area contributed by atoms with Crippen LogP contribution in [0, 0.1) is 0 Å². The minimum atomic E-state index is -0.279. The van der Waals surface area contributed by atoms with E-state index in [4.69, 9.17) is 0 Å². The van der Waals surface area contributed by atoms with Gasteiger partial charge in [0.2, 0.25) is 5.91 Å². The number of allylic oxidation sites excluding steroid dienone is 1. The quantitative estimate of drug-likeness (QED) is 0.818. The van der Waals surface area contributed by atoms with Crippen LogP contribution in [0.2, 0.25) is 0 Å². The summed E-state index contributed by atoms with van der Waals surface area (Å²) in [7, 11) is 3.84. The lowest BCUT2D eigenvalue weighted by Gasteiger charge is -2.23. The Morgan fingerprint density at radius 1 is 1.43 bits per heavy atom. The zero-order chi connectivity index (χ0) is 15.1. The van der Waals surface area contributed by atoms with Crippen molar-refractivity contribution in [2.75, 3.05) is 20.6 Å². The van der Waals surface area contributed by atoms with Crippen LogP contribution in [0.5, 0.6) is 0 Å². The van der Waals surface area contributed by atoms with E-state index in [-0.39, 0.29) is 11.9 Å². The molecule has 0 radical (unpaired) electrons. The third-order valence-electron chi connectivity index (χ3n) is 3.90. The fraction of sp³-hybridized carbons (Fsp3) is 0.529. The minimum absolute atomic E-state index is 0.0457. The van der Waals surface area contributed by atoms with Gasteiger partial charge in [-0.25, -0.2) is 0 Å². The molecule has 2 rings (SSSR count). The van der Waals surface area contributed by atoms with Crippen molar-refractivity contribution in [3.8, 4) is 0 Å². The molecule has 1 atom stereocenters. The smallest absolute Gasteiger partial charge is 0.242 e. The van der Waals surface area contributed by atoms with Crippen LogP contribution in [-0.2, 0) is 4.79 Å². The molecular weight excluding hydrogens is 262 g/mol. The number of carbonyl (C=O) groups excluding carboxylic acids is 1. The average molecular weight is 287 g/mol. The van der Waals surface area contributed by atoms with Crippen LogP contribution in [0.15, 0.2) is 36.2 Å². The Labute approximate surface area is 127 Å². The highest BCUT2D eigenvalue weighted by Gasteiger charge is 2.22. The number of amides is 1. The Morgan fingerprint density at radius 2 is 2.29 bits per heavy atom. The molecule has 1 aromatic heterocycles. The van der Waals surface area contributed by atoms with Crippen molar-refractivity contribution in [3.63, 3.8) is 0 Å². The normalized spacial score (nSPS) is 16.4. The van der Waals surface area contributed by atoms with Gasteiger partial charge >= 0.3 is 0 Å². The lowest BCUT2D eigenvalue weighted by Crippen LogP contribution is -2.37. The van der Waals surface area contributed by atoms with Crippen molar-refractivity contribution in [2.45, 2.75) is 38.1 Å². The first-order chi connectivity index (χ1) is 10.2. The largest absolute Gasteiger partial charge is 0.354 e. The van der Waals surface area contributed by atoms with Crippen molar-refractivity contribution >= 4 is 5.91 Å². The molecule has 114 valence electrons. The standard InChI is InChI=1S/C17H25N3O/c1-20(2)16(15-9-6-11-18-13-15)17(21)19-12-10-14-7-4-3-5-8-14/h6-7,9,11,13,16H,3-5,8,10,12H2,1-2H3,(H,19,21). The van der Waals surface area contributed by atoms with E-state index >= 15 is 0 Å². The van der Waals surface area contributed by atoms with Crippen molar-refractivity contribution in [3.05, 3.63) is 41.7 Å². The van der Waals surface area contributed by atoms with Gasteiger partial charge in [-0.05, 0) is 57.8 Å². The van der Waals surface area contributed by atoms with E-state index in [1.165, 1.54) is 31.3 Å². The second-order valence-electron chi connectivity index (χ2n) is 5.80. The molecule has 21 heavy (non-hydrogen) atoms. The van der Waals surface area contributed by atoms with Crippen LogP contribution in [0.1, 0.15) is 43.7 Å². The number of rotatable bonds is 6. The summed E-state index contributed by atoms with van der Waals surface area (Å²) in [6.45, 7) is 0.718. The second kappa shape index (κ2) is 7.93. The molecule has 1 heterocycles. The maximum atomic E-state index is 12.4. The highest BCUT2D eigenvalue weighted by atomic mass is 16.2. The van der Waals surface area contributed by atoms with Crippen LogP contribution >= 0.6 is 0 Å². The monoisotopic (exact) mass is 287 g/mol. The molecule has 0 bridgehead atoms. The number of carbonyl (C=O) groups is 1. The topological polar surface area (TPSA) is 45.2 Å². The Balaban J connectivity index is 1.89. The summed E-state index contributed by atoms with van der Waals surface area (Å²) < 4.78 is 0. The Hall–Kier alpha value is -1.68. The molecule has 0 saturated heterocycles. The van der Waals surface area contributed by atoms with Gasteiger partial charge in [-0.3, -0.25) is 14.7 Å². The molecule has 1 aliphatic carbocycles. The fourth-order valence-corrected chi connectivity index (χ4v) is 2.80. The van der Waals surface area contributed by atoms with Crippen molar-refractivity contribution in [1.82, 2.24) is 15.2 Å². The number of aromatic nitrogens is 1. The molecule has 1 aromatic rings. The third kappa shape index (κ3) is 4.67. The molecule has 1 unspecified atom stereocenters. The summed E-state index contributed by atoms with van der Waals surface area (Å²) in [5.41, 5.74) is 2.42. The highest BCUT2D eigenvalue weighted by molar-refractivity contribution is 5.83. The van der Waals surface area contributed by atoms with E-state index in [1.54, 1.807) is 12.4 Å². The predicted molar refractivity (Wildman–Crippen MR) is 84.8 cm³/mol. The van der Waals surface area contributed by atoms with Gasteiger partial charge in [0.1, 0.15) is 6.04 Å². The van der Waals surface area contributed by atoms with Gasteiger partial charge in [0.25, 0.3) is 0 Å². The Bertz CT molecular complexity index is 482. The number of likely N-dealkylation sites (N-methyl/N-ethyl adjacent to an activating group) is 1. The maximum absolute atomic E-state index is 12.4. The SMILES string of the molecule is CN(C)C(C(=O)NCCC1=CCCCC1)c1cccnc1. The van der Waals surface area contributed by atoms with E-state index < -0.39 is 0 Å². The van der Waals surface area contributed by atoms with Crippen LogP contribution in [0.4, 0.5) is 0 Å². The first kappa shape index (κ1) is 15.7. The highest BCUT2D eigenvalue weighted by Crippen LogP contribution is 2.20. The van der Waals surface area contributed by atoms with Crippen molar-refractivity contribution < 1.29 is 4.79 Å². The van der Waals surface area contributed by atoms with E-state index in [9.17, 15) is 4.79 Å². The number of nitrogens with zero attached hydrogens (tertiary/aromatic N) is 2. The summed E-state index contributed by atoms with van der Waals surface area (Å²) in [6, 6.07) is 3.53. The van der Waals surface area contributed by atoms with Gasteiger partial charge in [-0.15, -0.1) is 0 Å². The van der Waals surface area contributed by atoms with E-state index in [1.807, 2.05) is 31.1 Å². The molecule has 0 saturated carbocycles. The summed E-state index contributed by atoms with van der Waals surface area (Å²) in [5, 5.41) is 3.06. The summed E-state index contributed by atoms with van der Waals surface area (Å²) in [6.07, 6.45) is 11.8. The van der Waals surface area contributed by atoms with Crippen LogP contribution in [0.3, 0.4) is 0 Å². The summed E-state index contributed by atoms with van der Waals surface area (Å²) >= 11 is 0. The minimum Gasteiger partial charge on any atom is -0.354 e. The first-order valence-electron chi connectivity index (χ1n) is 7.70. The van der Waals surface area contributed by atoms with Gasteiger partial charge in [-0.1, -0.05) is 17.7 Å². The third-order valence-corrected chi connectivity index (χ3v) is 3.90. The van der Waals surface area contributed by atoms with Gasteiger partial charge in [0, 0.05) is 18.9 Å². The molecule has 1 aliphatic rings. The molecule has 0 aromatic carbocycles. The van der Waals surface area contributed by atoms with Crippen LogP contribution in [0.25, 0.3) is 0 Å². The van der Waals surface area contributed by atoms with Crippen molar-refractivity contribution in [2.24, 2.45) is 0 Å². The number of hydrogen-bond donors (Lipinski definition) is 1. The van der Waals surface area contributed by atoms with Crippen LogP contribution in [-0.4, -0.2) is 36.4 Å². The zero-order valence-corrected chi connectivity index (χ0v) is 13.0. The maximum Gasteiger partial charge on any atom is 0.242 e. The van der Waals surface area contributed by atoms with E-state index in [2.05, 4.69) is 16.4 Å². The van der Waals surface area contributed by atoms with E-state index in [0.717, 1.165) is 18.5 Å². The van der Waals surface area contributed by atoms with Gasteiger partial charge in [0.05, 0.1) is 0 Å². The Kier molecular flexibility index (Phi) is 5.93. The molecule has 0 spiro atoms. The molecular formula is C17H25N3O. The average Bonchev–Trinajstić information content (AvgIpc) is 2.49. The van der Waals surface area contributed by atoms with Gasteiger partial charge in [-0.2, -0.15) is 0 Å². The van der Waals surface area contributed by atoms with Gasteiger partial charge in [0.15, 0.2) is 0 Å².